The third-order valence-electron chi connectivity index (χ3n) is 3.26. The van der Waals surface area contributed by atoms with E-state index >= 15 is 0 Å². The van der Waals surface area contributed by atoms with Gasteiger partial charge < -0.3 is 10.3 Å². The lowest BCUT2D eigenvalue weighted by Gasteiger charge is -2.13. The highest BCUT2D eigenvalue weighted by Gasteiger charge is 2.21. The number of nitrogen functional groups attached to an aromatic ring is 1. The number of hydrogen-bond donors (Lipinski definition) is 1. The summed E-state index contributed by atoms with van der Waals surface area (Å²) >= 11 is 0. The second kappa shape index (κ2) is 3.85. The van der Waals surface area contributed by atoms with Crippen LogP contribution in [0.4, 0.5) is 5.69 Å². The monoisotopic (exact) mass is 229 g/mol. The van der Waals surface area contributed by atoms with Crippen molar-refractivity contribution in [3.63, 3.8) is 0 Å². The van der Waals surface area contributed by atoms with Crippen molar-refractivity contribution in [2.75, 3.05) is 5.73 Å². The molecule has 0 radical (unpaired) electrons. The number of fused-ring (bicyclic) bond motifs is 1. The molecule has 0 spiro atoms. The van der Waals surface area contributed by atoms with Gasteiger partial charge in [-0.3, -0.25) is 4.90 Å². The molecule has 0 atom stereocenters. The minimum Gasteiger partial charge on any atom is -0.398 e. The van der Waals surface area contributed by atoms with E-state index in [2.05, 4.69) is 21.2 Å². The highest BCUT2D eigenvalue weighted by Crippen LogP contribution is 2.28. The first-order valence-corrected chi connectivity index (χ1v) is 5.65. The molecule has 0 fully saturated rings. The molecular formula is C12H15N5. The second-order valence-electron chi connectivity index (χ2n) is 4.49. The molecule has 17 heavy (non-hydrogen) atoms. The maximum atomic E-state index is 5.98. The van der Waals surface area contributed by atoms with Crippen molar-refractivity contribution in [2.45, 2.75) is 19.6 Å². The van der Waals surface area contributed by atoms with Gasteiger partial charge in [0, 0.05) is 25.8 Å². The molecule has 88 valence electrons. The van der Waals surface area contributed by atoms with Gasteiger partial charge in [-0.1, -0.05) is 12.1 Å². The molecule has 0 aliphatic carbocycles. The summed E-state index contributed by atoms with van der Waals surface area (Å²) in [6.45, 7) is 2.65. The Hall–Kier alpha value is -1.88. The summed E-state index contributed by atoms with van der Waals surface area (Å²) in [7, 11) is 1.97. The van der Waals surface area contributed by atoms with Gasteiger partial charge in [0.1, 0.15) is 12.2 Å². The van der Waals surface area contributed by atoms with E-state index < -0.39 is 0 Å². The lowest BCUT2D eigenvalue weighted by Crippen LogP contribution is -2.18. The highest BCUT2D eigenvalue weighted by atomic mass is 15.3. The Morgan fingerprint density at radius 1 is 1.35 bits per heavy atom. The summed E-state index contributed by atoms with van der Waals surface area (Å²) in [5.74, 6) is 0.983. The summed E-state index contributed by atoms with van der Waals surface area (Å²) < 4.78 is 1.95. The van der Waals surface area contributed by atoms with Gasteiger partial charge in [-0.15, -0.1) is 10.2 Å². The van der Waals surface area contributed by atoms with Gasteiger partial charge in [0.15, 0.2) is 0 Å². The first-order chi connectivity index (χ1) is 8.24. The minimum absolute atomic E-state index is 0.810. The van der Waals surface area contributed by atoms with E-state index in [0.29, 0.717) is 0 Å². The van der Waals surface area contributed by atoms with E-state index in [9.17, 15) is 0 Å². The molecule has 1 aliphatic rings. The molecule has 2 heterocycles. The van der Waals surface area contributed by atoms with Crippen LogP contribution in [0.15, 0.2) is 24.5 Å². The van der Waals surface area contributed by atoms with Crippen LogP contribution in [0.5, 0.6) is 0 Å². The van der Waals surface area contributed by atoms with Crippen molar-refractivity contribution >= 4 is 5.69 Å². The SMILES string of the molecule is Cn1cnnc1CN1Cc2cccc(N)c2C1. The zero-order valence-corrected chi connectivity index (χ0v) is 9.80. The summed E-state index contributed by atoms with van der Waals surface area (Å²) in [6.07, 6.45) is 1.73. The van der Waals surface area contributed by atoms with E-state index in [0.717, 1.165) is 31.1 Å². The average Bonchev–Trinajstić information content (AvgIpc) is 2.87. The maximum absolute atomic E-state index is 5.98. The van der Waals surface area contributed by atoms with Crippen LogP contribution in [0.1, 0.15) is 17.0 Å². The van der Waals surface area contributed by atoms with Gasteiger partial charge in [-0.05, 0) is 17.2 Å². The number of nitrogens with two attached hydrogens (primary N) is 1. The van der Waals surface area contributed by atoms with Crippen LogP contribution in [0.2, 0.25) is 0 Å². The third-order valence-corrected chi connectivity index (χ3v) is 3.26. The molecule has 0 saturated carbocycles. The van der Waals surface area contributed by atoms with E-state index in [1.165, 1.54) is 11.1 Å². The quantitative estimate of drug-likeness (QED) is 0.778. The molecule has 2 aromatic rings. The standard InChI is InChI=1S/C12H15N5/c1-16-8-14-15-12(16)7-17-5-9-3-2-4-11(13)10(9)6-17/h2-4,8H,5-7,13H2,1H3. The average molecular weight is 229 g/mol. The van der Waals surface area contributed by atoms with Gasteiger partial charge in [0.2, 0.25) is 0 Å². The van der Waals surface area contributed by atoms with E-state index in [-0.39, 0.29) is 0 Å². The predicted molar refractivity (Wildman–Crippen MR) is 64.8 cm³/mol. The summed E-state index contributed by atoms with van der Waals surface area (Å²) in [5, 5.41) is 8.00. The number of aromatic nitrogens is 3. The summed E-state index contributed by atoms with van der Waals surface area (Å²) in [4.78, 5) is 2.32. The van der Waals surface area contributed by atoms with Crippen LogP contribution in [-0.2, 0) is 26.7 Å². The van der Waals surface area contributed by atoms with Gasteiger partial charge in [-0.25, -0.2) is 0 Å². The Balaban J connectivity index is 1.79. The molecule has 0 saturated heterocycles. The van der Waals surface area contributed by atoms with Crippen LogP contribution in [0.25, 0.3) is 0 Å². The topological polar surface area (TPSA) is 60.0 Å². The summed E-state index contributed by atoms with van der Waals surface area (Å²) in [6, 6.07) is 6.12. The number of aryl methyl sites for hydroxylation is 1. The predicted octanol–water partition coefficient (Wildman–Crippen LogP) is 0.913. The lowest BCUT2D eigenvalue weighted by molar-refractivity contribution is 0.265. The first kappa shape index (κ1) is 10.3. The molecule has 0 amide bonds. The Morgan fingerprint density at radius 3 is 2.94 bits per heavy atom. The van der Waals surface area contributed by atoms with E-state index in [4.69, 9.17) is 5.73 Å². The third kappa shape index (κ3) is 1.78. The lowest BCUT2D eigenvalue weighted by atomic mass is 10.1. The number of hydrogen-bond acceptors (Lipinski definition) is 4. The number of anilines is 1. The fourth-order valence-corrected chi connectivity index (χ4v) is 2.28. The highest BCUT2D eigenvalue weighted by molar-refractivity contribution is 5.52. The molecule has 0 bridgehead atoms. The molecule has 0 unspecified atom stereocenters. The van der Waals surface area contributed by atoms with Crippen LogP contribution >= 0.6 is 0 Å². The van der Waals surface area contributed by atoms with Gasteiger partial charge in [-0.2, -0.15) is 0 Å². The number of nitrogens with zero attached hydrogens (tertiary/aromatic N) is 4. The molecule has 1 aliphatic heterocycles. The van der Waals surface area contributed by atoms with Crippen molar-refractivity contribution < 1.29 is 0 Å². The van der Waals surface area contributed by atoms with Crippen LogP contribution in [0.3, 0.4) is 0 Å². The zero-order chi connectivity index (χ0) is 11.8. The fraction of sp³-hybridized carbons (Fsp3) is 0.333. The Labute approximate surface area is 99.9 Å². The Morgan fingerprint density at radius 2 is 2.24 bits per heavy atom. The minimum atomic E-state index is 0.810. The van der Waals surface area contributed by atoms with Crippen molar-refractivity contribution in [2.24, 2.45) is 7.05 Å². The number of rotatable bonds is 2. The van der Waals surface area contributed by atoms with Crippen molar-refractivity contribution in [1.29, 1.82) is 0 Å². The van der Waals surface area contributed by atoms with Gasteiger partial charge >= 0.3 is 0 Å². The number of benzene rings is 1. The molecule has 2 N–H and O–H groups in total. The molecule has 1 aromatic heterocycles. The van der Waals surface area contributed by atoms with E-state index in [1.807, 2.05) is 23.7 Å². The van der Waals surface area contributed by atoms with Crippen molar-refractivity contribution in [1.82, 2.24) is 19.7 Å². The van der Waals surface area contributed by atoms with Crippen LogP contribution < -0.4 is 5.73 Å². The van der Waals surface area contributed by atoms with Crippen molar-refractivity contribution in [3.8, 4) is 0 Å². The maximum Gasteiger partial charge on any atom is 0.146 e. The van der Waals surface area contributed by atoms with E-state index in [1.54, 1.807) is 6.33 Å². The second-order valence-corrected chi connectivity index (χ2v) is 4.49. The molecule has 5 heteroatoms. The molecule has 1 aromatic carbocycles. The Bertz CT molecular complexity index is 544. The largest absolute Gasteiger partial charge is 0.398 e. The normalized spacial score (nSPS) is 15.1. The first-order valence-electron chi connectivity index (χ1n) is 5.65. The summed E-state index contributed by atoms with van der Waals surface area (Å²) in [5.41, 5.74) is 9.45. The zero-order valence-electron chi connectivity index (χ0n) is 9.80. The van der Waals surface area contributed by atoms with Gasteiger partial charge in [0.25, 0.3) is 0 Å². The molecule has 3 rings (SSSR count). The Kier molecular flexibility index (Phi) is 2.33. The molecular weight excluding hydrogens is 214 g/mol. The fourth-order valence-electron chi connectivity index (χ4n) is 2.28. The smallest absolute Gasteiger partial charge is 0.146 e. The molecule has 5 nitrogen and oxygen atoms in total. The van der Waals surface area contributed by atoms with Crippen LogP contribution in [-0.4, -0.2) is 19.7 Å². The van der Waals surface area contributed by atoms with Crippen molar-refractivity contribution in [3.05, 3.63) is 41.5 Å². The van der Waals surface area contributed by atoms with Crippen LogP contribution in [0, 0.1) is 0 Å². The van der Waals surface area contributed by atoms with Gasteiger partial charge in [0.05, 0.1) is 6.54 Å².